The standard InChI is InChI=1S/C12H13N/c1-10-5-4-6-11(9-10)12-7-2-3-8-13-12/h2,4-9,12H,3H2,1H3. The maximum atomic E-state index is 4.43. The number of aryl methyl sites for hydroxylation is 1. The fourth-order valence-electron chi connectivity index (χ4n) is 1.54. The van der Waals surface area contributed by atoms with Crippen LogP contribution in [0.25, 0.3) is 0 Å². The van der Waals surface area contributed by atoms with Gasteiger partial charge in [0, 0.05) is 12.6 Å². The summed E-state index contributed by atoms with van der Waals surface area (Å²) >= 11 is 0. The summed E-state index contributed by atoms with van der Waals surface area (Å²) in [4.78, 5) is 4.43. The summed E-state index contributed by atoms with van der Waals surface area (Å²) < 4.78 is 0. The number of hydrogen-bond acceptors (Lipinski definition) is 1. The van der Waals surface area contributed by atoms with Gasteiger partial charge in [0.2, 0.25) is 0 Å². The third-order valence-electron chi connectivity index (χ3n) is 2.21. The van der Waals surface area contributed by atoms with E-state index in [1.807, 2.05) is 6.21 Å². The van der Waals surface area contributed by atoms with Crippen LogP contribution in [0.1, 0.15) is 23.6 Å². The number of allylic oxidation sites excluding steroid dienone is 1. The Morgan fingerprint density at radius 1 is 1.38 bits per heavy atom. The fourth-order valence-corrected chi connectivity index (χ4v) is 1.54. The molecule has 0 aromatic heterocycles. The molecule has 0 aliphatic carbocycles. The first-order valence-corrected chi connectivity index (χ1v) is 4.61. The fraction of sp³-hybridized carbons (Fsp3) is 0.250. The summed E-state index contributed by atoms with van der Waals surface area (Å²) in [5.74, 6) is 0. The van der Waals surface area contributed by atoms with Crippen molar-refractivity contribution in [3.63, 3.8) is 0 Å². The molecule has 1 aromatic carbocycles. The van der Waals surface area contributed by atoms with Gasteiger partial charge in [0.05, 0.1) is 6.04 Å². The summed E-state index contributed by atoms with van der Waals surface area (Å²) in [6.07, 6.45) is 7.28. The summed E-state index contributed by atoms with van der Waals surface area (Å²) in [6, 6.07) is 8.76. The Hall–Kier alpha value is -1.37. The Labute approximate surface area is 78.8 Å². The Kier molecular flexibility index (Phi) is 2.26. The Balaban J connectivity index is 2.29. The van der Waals surface area contributed by atoms with E-state index in [1.165, 1.54) is 11.1 Å². The normalized spacial score (nSPS) is 20.5. The predicted molar refractivity (Wildman–Crippen MR) is 56.2 cm³/mol. The van der Waals surface area contributed by atoms with E-state index in [1.54, 1.807) is 0 Å². The van der Waals surface area contributed by atoms with E-state index in [0.717, 1.165) is 6.42 Å². The molecule has 66 valence electrons. The zero-order valence-electron chi connectivity index (χ0n) is 7.77. The average Bonchev–Trinajstić information content (AvgIpc) is 2.19. The van der Waals surface area contributed by atoms with Gasteiger partial charge in [0.15, 0.2) is 0 Å². The summed E-state index contributed by atoms with van der Waals surface area (Å²) in [6.45, 7) is 2.11. The van der Waals surface area contributed by atoms with Crippen molar-refractivity contribution in [2.45, 2.75) is 19.4 Å². The van der Waals surface area contributed by atoms with E-state index in [0.29, 0.717) is 0 Å². The average molecular weight is 171 g/mol. The molecule has 1 heterocycles. The summed E-state index contributed by atoms with van der Waals surface area (Å²) in [7, 11) is 0. The van der Waals surface area contributed by atoms with Crippen molar-refractivity contribution in [1.29, 1.82) is 0 Å². The number of rotatable bonds is 1. The largest absolute Gasteiger partial charge is 0.285 e. The van der Waals surface area contributed by atoms with E-state index < -0.39 is 0 Å². The van der Waals surface area contributed by atoms with Gasteiger partial charge in [-0.15, -0.1) is 0 Å². The lowest BCUT2D eigenvalue weighted by atomic mass is 10.0. The van der Waals surface area contributed by atoms with E-state index in [4.69, 9.17) is 0 Å². The Morgan fingerprint density at radius 3 is 3.00 bits per heavy atom. The number of aliphatic imine (C=N–C) groups is 1. The highest BCUT2D eigenvalue weighted by Crippen LogP contribution is 2.21. The smallest absolute Gasteiger partial charge is 0.0926 e. The number of dihydropyridines is 1. The van der Waals surface area contributed by atoms with Crippen LogP contribution in [-0.2, 0) is 0 Å². The summed E-state index contributed by atoms with van der Waals surface area (Å²) in [5, 5.41) is 0. The van der Waals surface area contributed by atoms with E-state index in [9.17, 15) is 0 Å². The molecule has 0 amide bonds. The highest BCUT2D eigenvalue weighted by atomic mass is 14.8. The van der Waals surface area contributed by atoms with Crippen LogP contribution in [0.2, 0.25) is 0 Å². The van der Waals surface area contributed by atoms with Gasteiger partial charge < -0.3 is 0 Å². The van der Waals surface area contributed by atoms with Crippen LogP contribution in [0, 0.1) is 6.92 Å². The number of benzene rings is 1. The van der Waals surface area contributed by atoms with Gasteiger partial charge in [-0.25, -0.2) is 0 Å². The van der Waals surface area contributed by atoms with Gasteiger partial charge in [0.25, 0.3) is 0 Å². The lowest BCUT2D eigenvalue weighted by Crippen LogP contribution is -1.96. The molecule has 13 heavy (non-hydrogen) atoms. The third kappa shape index (κ3) is 1.86. The van der Waals surface area contributed by atoms with Crippen LogP contribution < -0.4 is 0 Å². The second kappa shape index (κ2) is 3.56. The number of hydrogen-bond donors (Lipinski definition) is 0. The zero-order valence-corrected chi connectivity index (χ0v) is 7.77. The topological polar surface area (TPSA) is 12.4 Å². The van der Waals surface area contributed by atoms with Gasteiger partial charge in [-0.2, -0.15) is 0 Å². The third-order valence-corrected chi connectivity index (χ3v) is 2.21. The molecule has 1 aliphatic heterocycles. The van der Waals surface area contributed by atoms with Crippen molar-refractivity contribution in [2.75, 3.05) is 0 Å². The predicted octanol–water partition coefficient (Wildman–Crippen LogP) is 3.07. The second-order valence-corrected chi connectivity index (χ2v) is 3.35. The molecule has 0 bridgehead atoms. The van der Waals surface area contributed by atoms with Gasteiger partial charge >= 0.3 is 0 Å². The molecule has 1 atom stereocenters. The maximum absolute atomic E-state index is 4.43. The maximum Gasteiger partial charge on any atom is 0.0926 e. The van der Waals surface area contributed by atoms with Gasteiger partial charge in [-0.05, 0) is 12.5 Å². The van der Waals surface area contributed by atoms with E-state index in [2.05, 4.69) is 48.3 Å². The molecule has 0 N–H and O–H groups in total. The van der Waals surface area contributed by atoms with E-state index >= 15 is 0 Å². The first-order chi connectivity index (χ1) is 6.36. The second-order valence-electron chi connectivity index (χ2n) is 3.35. The van der Waals surface area contributed by atoms with Gasteiger partial charge in [-0.3, -0.25) is 4.99 Å². The van der Waals surface area contributed by atoms with Crippen molar-refractivity contribution in [2.24, 2.45) is 4.99 Å². The first-order valence-electron chi connectivity index (χ1n) is 4.61. The molecule has 0 radical (unpaired) electrons. The molecule has 1 nitrogen and oxygen atoms in total. The SMILES string of the molecule is Cc1cccc(C2C=CCC=N2)c1. The molecule has 1 aliphatic rings. The highest BCUT2D eigenvalue weighted by Gasteiger charge is 2.06. The van der Waals surface area contributed by atoms with Gasteiger partial charge in [-0.1, -0.05) is 42.0 Å². The minimum Gasteiger partial charge on any atom is -0.285 e. The lowest BCUT2D eigenvalue weighted by molar-refractivity contribution is 0.896. The van der Waals surface area contributed by atoms with Crippen molar-refractivity contribution < 1.29 is 0 Å². The van der Waals surface area contributed by atoms with Crippen LogP contribution in [0.3, 0.4) is 0 Å². The van der Waals surface area contributed by atoms with Crippen LogP contribution >= 0.6 is 0 Å². The van der Waals surface area contributed by atoms with Crippen LogP contribution in [0.15, 0.2) is 41.4 Å². The zero-order chi connectivity index (χ0) is 9.10. The lowest BCUT2D eigenvalue weighted by Gasteiger charge is -2.11. The Morgan fingerprint density at radius 2 is 2.31 bits per heavy atom. The minimum atomic E-state index is 0.244. The first kappa shape index (κ1) is 8.24. The van der Waals surface area contributed by atoms with Crippen molar-refractivity contribution in [3.8, 4) is 0 Å². The van der Waals surface area contributed by atoms with Crippen molar-refractivity contribution in [1.82, 2.24) is 0 Å². The molecule has 0 spiro atoms. The van der Waals surface area contributed by atoms with Crippen molar-refractivity contribution >= 4 is 6.21 Å². The highest BCUT2D eigenvalue weighted by molar-refractivity contribution is 5.62. The number of nitrogens with zero attached hydrogens (tertiary/aromatic N) is 1. The quantitative estimate of drug-likeness (QED) is 0.576. The molecule has 0 fully saturated rings. The minimum absolute atomic E-state index is 0.244. The van der Waals surface area contributed by atoms with E-state index in [-0.39, 0.29) is 6.04 Å². The molecule has 0 saturated carbocycles. The molecule has 1 unspecified atom stereocenters. The Bertz CT molecular complexity index is 338. The molecule has 1 heteroatoms. The monoisotopic (exact) mass is 171 g/mol. The van der Waals surface area contributed by atoms with Crippen molar-refractivity contribution in [3.05, 3.63) is 47.5 Å². The molecular formula is C12H13N. The molecular weight excluding hydrogens is 158 g/mol. The molecule has 2 rings (SSSR count). The molecule has 1 aromatic rings. The van der Waals surface area contributed by atoms with Gasteiger partial charge in [0.1, 0.15) is 0 Å². The molecule has 0 saturated heterocycles. The van der Waals surface area contributed by atoms with Crippen LogP contribution in [-0.4, -0.2) is 6.21 Å². The van der Waals surface area contributed by atoms with Crippen LogP contribution in [0.4, 0.5) is 0 Å². The summed E-state index contributed by atoms with van der Waals surface area (Å²) in [5.41, 5.74) is 2.58. The van der Waals surface area contributed by atoms with Crippen LogP contribution in [0.5, 0.6) is 0 Å².